The Bertz CT molecular complexity index is 950. The Labute approximate surface area is 165 Å². The number of morpholine rings is 1. The predicted octanol–water partition coefficient (Wildman–Crippen LogP) is 3.38. The van der Waals surface area contributed by atoms with Crippen molar-refractivity contribution >= 4 is 16.8 Å². The molecule has 1 atom stereocenters. The van der Waals surface area contributed by atoms with Gasteiger partial charge in [0.05, 0.1) is 13.2 Å². The molecule has 2 aromatic carbocycles. The number of aromatic nitrogens is 1. The van der Waals surface area contributed by atoms with Crippen LogP contribution in [0.1, 0.15) is 23.1 Å². The van der Waals surface area contributed by atoms with Gasteiger partial charge in [-0.05, 0) is 41.6 Å². The first-order valence-corrected chi connectivity index (χ1v) is 9.87. The van der Waals surface area contributed by atoms with E-state index in [1.807, 2.05) is 18.3 Å². The van der Waals surface area contributed by atoms with E-state index in [-0.39, 0.29) is 11.9 Å². The Morgan fingerprint density at radius 1 is 1.21 bits per heavy atom. The zero-order valence-corrected chi connectivity index (χ0v) is 16.3. The number of hydrogen-bond donors (Lipinski definition) is 2. The Kier molecular flexibility index (Phi) is 5.74. The van der Waals surface area contributed by atoms with Crippen LogP contribution in [0.5, 0.6) is 0 Å². The second kappa shape index (κ2) is 8.59. The summed E-state index contributed by atoms with van der Waals surface area (Å²) >= 11 is 0. The fraction of sp³-hybridized carbons (Fsp3) is 0.348. The van der Waals surface area contributed by atoms with Crippen molar-refractivity contribution in [2.24, 2.45) is 0 Å². The minimum atomic E-state index is 0.0723. The Balaban J connectivity index is 1.35. The number of nitrogens with one attached hydrogen (secondary N) is 2. The molecular weight excluding hydrogens is 350 g/mol. The molecule has 1 aliphatic rings. The summed E-state index contributed by atoms with van der Waals surface area (Å²) in [5.41, 5.74) is 4.75. The molecule has 1 aliphatic heterocycles. The van der Waals surface area contributed by atoms with E-state index in [1.165, 1.54) is 16.5 Å². The second-order valence-corrected chi connectivity index (χ2v) is 7.57. The molecule has 1 aromatic heterocycles. The van der Waals surface area contributed by atoms with Crippen LogP contribution < -0.4 is 5.32 Å². The number of aromatic amines is 1. The number of rotatable bonds is 6. The van der Waals surface area contributed by atoms with Gasteiger partial charge < -0.3 is 15.0 Å². The van der Waals surface area contributed by atoms with Gasteiger partial charge in [-0.25, -0.2) is 0 Å². The molecule has 1 fully saturated rings. The lowest BCUT2D eigenvalue weighted by atomic mass is 10.1. The third-order valence-corrected chi connectivity index (χ3v) is 5.35. The molecule has 0 radical (unpaired) electrons. The summed E-state index contributed by atoms with van der Waals surface area (Å²) in [5.74, 6) is 0.0723. The maximum Gasteiger partial charge on any atom is 0.221 e. The van der Waals surface area contributed by atoms with E-state index in [1.54, 1.807) is 0 Å². The molecule has 2 N–H and O–H groups in total. The molecule has 0 spiro atoms. The van der Waals surface area contributed by atoms with Crippen molar-refractivity contribution in [3.63, 3.8) is 0 Å². The Morgan fingerprint density at radius 3 is 3.04 bits per heavy atom. The van der Waals surface area contributed by atoms with Gasteiger partial charge in [0, 0.05) is 43.8 Å². The van der Waals surface area contributed by atoms with E-state index in [9.17, 15) is 4.79 Å². The molecule has 28 heavy (non-hydrogen) atoms. The normalized spacial score (nSPS) is 17.7. The molecule has 1 unspecified atom stereocenters. The van der Waals surface area contributed by atoms with Crippen LogP contribution in [-0.4, -0.2) is 41.6 Å². The molecule has 1 amide bonds. The van der Waals surface area contributed by atoms with E-state index in [4.69, 9.17) is 4.74 Å². The molecule has 2 heterocycles. The van der Waals surface area contributed by atoms with Crippen molar-refractivity contribution in [2.75, 3.05) is 19.8 Å². The highest BCUT2D eigenvalue weighted by atomic mass is 16.5. The number of hydrogen-bond acceptors (Lipinski definition) is 3. The summed E-state index contributed by atoms with van der Waals surface area (Å²) in [5, 5.41) is 4.27. The minimum absolute atomic E-state index is 0.0723. The lowest BCUT2D eigenvalue weighted by Crippen LogP contribution is -2.47. The van der Waals surface area contributed by atoms with E-state index in [0.717, 1.165) is 24.2 Å². The number of carbonyl (C=O) groups excluding carboxylic acids is 1. The molecule has 1 saturated heterocycles. The summed E-state index contributed by atoms with van der Waals surface area (Å²) in [4.78, 5) is 18.1. The van der Waals surface area contributed by atoms with Crippen molar-refractivity contribution in [1.82, 2.24) is 15.2 Å². The van der Waals surface area contributed by atoms with Crippen LogP contribution in [0.3, 0.4) is 0 Å². The van der Waals surface area contributed by atoms with Gasteiger partial charge in [-0.3, -0.25) is 9.69 Å². The third-order valence-electron chi connectivity index (χ3n) is 5.35. The highest BCUT2D eigenvalue weighted by Gasteiger charge is 2.25. The summed E-state index contributed by atoms with van der Waals surface area (Å²) in [6, 6.07) is 16.9. The predicted molar refractivity (Wildman–Crippen MR) is 111 cm³/mol. The largest absolute Gasteiger partial charge is 0.378 e. The van der Waals surface area contributed by atoms with Gasteiger partial charge in [-0.2, -0.15) is 0 Å². The molecule has 146 valence electrons. The van der Waals surface area contributed by atoms with Crippen molar-refractivity contribution in [3.05, 3.63) is 71.4 Å². The van der Waals surface area contributed by atoms with E-state index in [0.29, 0.717) is 26.2 Å². The molecule has 5 heteroatoms. The van der Waals surface area contributed by atoms with Crippen molar-refractivity contribution in [3.8, 4) is 0 Å². The van der Waals surface area contributed by atoms with Gasteiger partial charge in [0.15, 0.2) is 0 Å². The molecule has 4 rings (SSSR count). The number of amides is 1. The Morgan fingerprint density at radius 2 is 2.14 bits per heavy atom. The molecule has 0 saturated carbocycles. The number of carbonyl (C=O) groups is 1. The monoisotopic (exact) mass is 377 g/mol. The van der Waals surface area contributed by atoms with E-state index in [2.05, 4.69) is 58.5 Å². The highest BCUT2D eigenvalue weighted by Crippen LogP contribution is 2.19. The molecule has 5 nitrogen and oxygen atoms in total. The second-order valence-electron chi connectivity index (χ2n) is 7.57. The maximum atomic E-state index is 12.5. The van der Waals surface area contributed by atoms with Gasteiger partial charge in [0.1, 0.15) is 0 Å². The summed E-state index contributed by atoms with van der Waals surface area (Å²) < 4.78 is 5.66. The zero-order valence-electron chi connectivity index (χ0n) is 16.3. The fourth-order valence-corrected chi connectivity index (χ4v) is 3.83. The van der Waals surface area contributed by atoms with Crippen LogP contribution in [0.4, 0.5) is 0 Å². The minimum Gasteiger partial charge on any atom is -0.378 e. The number of H-pyrrole nitrogens is 1. The standard InChI is InChI=1S/C23H27N3O2/c1-17-3-2-4-18(11-17)14-25-23(27)13-21-16-28-10-9-26(21)15-19-5-6-22-20(12-19)7-8-24-22/h2-8,11-12,21,24H,9-10,13-16H2,1H3,(H,25,27). The summed E-state index contributed by atoms with van der Waals surface area (Å²) in [6.45, 7) is 5.63. The zero-order chi connectivity index (χ0) is 19.3. The molecular formula is C23H27N3O2. The number of aryl methyl sites for hydroxylation is 1. The van der Waals surface area contributed by atoms with Crippen molar-refractivity contribution in [2.45, 2.75) is 32.5 Å². The average Bonchev–Trinajstić information content (AvgIpc) is 3.16. The van der Waals surface area contributed by atoms with Crippen molar-refractivity contribution < 1.29 is 9.53 Å². The van der Waals surface area contributed by atoms with Crippen LogP contribution in [0, 0.1) is 6.92 Å². The lowest BCUT2D eigenvalue weighted by molar-refractivity contribution is -0.124. The number of fused-ring (bicyclic) bond motifs is 1. The average molecular weight is 377 g/mol. The van der Waals surface area contributed by atoms with Crippen LogP contribution in [0.25, 0.3) is 10.9 Å². The van der Waals surface area contributed by atoms with E-state index < -0.39 is 0 Å². The number of ether oxygens (including phenoxy) is 1. The number of nitrogens with zero attached hydrogens (tertiary/aromatic N) is 1. The van der Waals surface area contributed by atoms with Gasteiger partial charge in [0.25, 0.3) is 0 Å². The van der Waals surface area contributed by atoms with Crippen LogP contribution in [0.2, 0.25) is 0 Å². The van der Waals surface area contributed by atoms with Gasteiger partial charge in [-0.15, -0.1) is 0 Å². The van der Waals surface area contributed by atoms with Gasteiger partial charge >= 0.3 is 0 Å². The summed E-state index contributed by atoms with van der Waals surface area (Å²) in [6.07, 6.45) is 2.42. The molecule has 0 bridgehead atoms. The van der Waals surface area contributed by atoms with Crippen LogP contribution in [-0.2, 0) is 22.6 Å². The topological polar surface area (TPSA) is 57.4 Å². The van der Waals surface area contributed by atoms with Gasteiger partial charge in [0.2, 0.25) is 5.91 Å². The van der Waals surface area contributed by atoms with Gasteiger partial charge in [-0.1, -0.05) is 35.9 Å². The SMILES string of the molecule is Cc1cccc(CNC(=O)CC2COCCN2Cc2ccc3[nH]ccc3c2)c1. The first kappa shape index (κ1) is 18.7. The highest BCUT2D eigenvalue weighted by molar-refractivity contribution is 5.80. The van der Waals surface area contributed by atoms with E-state index >= 15 is 0 Å². The first-order valence-electron chi connectivity index (χ1n) is 9.87. The van der Waals surface area contributed by atoms with Crippen LogP contribution in [0.15, 0.2) is 54.7 Å². The van der Waals surface area contributed by atoms with Crippen LogP contribution >= 0.6 is 0 Å². The quantitative estimate of drug-likeness (QED) is 0.692. The third kappa shape index (κ3) is 4.61. The maximum absolute atomic E-state index is 12.5. The number of benzene rings is 2. The molecule has 3 aromatic rings. The molecule has 0 aliphatic carbocycles. The fourth-order valence-electron chi connectivity index (χ4n) is 3.83. The van der Waals surface area contributed by atoms with Crippen molar-refractivity contribution in [1.29, 1.82) is 0 Å². The first-order chi connectivity index (χ1) is 13.7. The smallest absolute Gasteiger partial charge is 0.221 e. The summed E-state index contributed by atoms with van der Waals surface area (Å²) in [7, 11) is 0. The lowest BCUT2D eigenvalue weighted by Gasteiger charge is -2.35. The Hall–Kier alpha value is -2.63.